The highest BCUT2D eigenvalue weighted by molar-refractivity contribution is 8.00. The molecule has 2 saturated carbocycles. The molecule has 1 aliphatic heterocycles. The molecular formula is C29H25FN2O2S2. The molecule has 36 heavy (non-hydrogen) atoms. The van der Waals surface area contributed by atoms with Gasteiger partial charge in [0.2, 0.25) is 5.91 Å². The third-order valence-electron chi connectivity index (χ3n) is 8.29. The summed E-state index contributed by atoms with van der Waals surface area (Å²) in [6.07, 6.45) is 3.71. The standard InChI is InChI=1S/C29H25FN2O2S2/c30-20-12-10-17(11-13-20)24-25-18-8-9-19(14-18)26(25)35-28-27(24)36-29(34)32(28)15-23(33)31-22-7-3-5-16-4-1-2-6-21(16)22/h1-7,10-13,18-19,24-26H,8-9,14-15H2,(H,31,33)/t18?,19?,24-,25?,26?/m0/s1. The van der Waals surface area contributed by atoms with Crippen LogP contribution in [0.4, 0.5) is 10.1 Å². The summed E-state index contributed by atoms with van der Waals surface area (Å²) < 4.78 is 15.4. The predicted molar refractivity (Wildman–Crippen MR) is 143 cm³/mol. The Kier molecular flexibility index (Phi) is 5.33. The Morgan fingerprint density at radius 3 is 2.64 bits per heavy atom. The number of halogens is 1. The molecule has 1 aromatic heterocycles. The molecule has 7 rings (SSSR count). The predicted octanol–water partition coefficient (Wildman–Crippen LogP) is 6.49. The van der Waals surface area contributed by atoms with Gasteiger partial charge in [-0.1, -0.05) is 59.9 Å². The second-order valence-corrected chi connectivity index (χ2v) is 12.4. The van der Waals surface area contributed by atoms with Gasteiger partial charge in [0.15, 0.2) is 0 Å². The van der Waals surface area contributed by atoms with Gasteiger partial charge in [-0.2, -0.15) is 0 Å². The highest BCUT2D eigenvalue weighted by atomic mass is 32.2. The van der Waals surface area contributed by atoms with Crippen LogP contribution in [0.25, 0.3) is 10.8 Å². The number of hydrogen-bond donors (Lipinski definition) is 1. The van der Waals surface area contributed by atoms with E-state index in [2.05, 4.69) is 5.32 Å². The Labute approximate surface area is 216 Å². The Morgan fingerprint density at radius 2 is 1.78 bits per heavy atom. The van der Waals surface area contributed by atoms with Gasteiger partial charge in [0, 0.05) is 27.1 Å². The summed E-state index contributed by atoms with van der Waals surface area (Å²) in [6.45, 7) is -0.0114. The van der Waals surface area contributed by atoms with Gasteiger partial charge in [-0.15, -0.1) is 11.8 Å². The van der Waals surface area contributed by atoms with E-state index >= 15 is 0 Å². The van der Waals surface area contributed by atoms with Gasteiger partial charge in [-0.05, 0) is 66.2 Å². The number of rotatable bonds is 4. The van der Waals surface area contributed by atoms with E-state index in [1.54, 1.807) is 4.57 Å². The van der Waals surface area contributed by atoms with E-state index in [0.717, 1.165) is 31.9 Å². The van der Waals surface area contributed by atoms with E-state index in [4.69, 9.17) is 0 Å². The van der Waals surface area contributed by atoms with E-state index < -0.39 is 0 Å². The molecule has 0 radical (unpaired) electrons. The molecule has 1 N–H and O–H groups in total. The number of thiazole rings is 1. The third-order valence-corrected chi connectivity index (χ3v) is 11.1. The maximum atomic E-state index is 13.8. The summed E-state index contributed by atoms with van der Waals surface area (Å²) in [5.74, 6) is 1.39. The average molecular weight is 517 g/mol. The van der Waals surface area contributed by atoms with Crippen molar-refractivity contribution in [2.24, 2.45) is 17.8 Å². The van der Waals surface area contributed by atoms with Crippen molar-refractivity contribution >= 4 is 45.5 Å². The zero-order valence-electron chi connectivity index (χ0n) is 19.5. The lowest BCUT2D eigenvalue weighted by Gasteiger charge is -2.40. The van der Waals surface area contributed by atoms with Crippen LogP contribution in [0.5, 0.6) is 0 Å². The van der Waals surface area contributed by atoms with Crippen molar-refractivity contribution in [1.82, 2.24) is 4.57 Å². The molecule has 4 unspecified atom stereocenters. The fraction of sp³-hybridized carbons (Fsp3) is 0.310. The number of nitrogens with one attached hydrogen (secondary N) is 1. The first-order chi connectivity index (χ1) is 17.6. The largest absolute Gasteiger partial charge is 0.324 e. The minimum Gasteiger partial charge on any atom is -0.324 e. The first kappa shape index (κ1) is 22.3. The monoisotopic (exact) mass is 516 g/mol. The van der Waals surface area contributed by atoms with E-state index in [9.17, 15) is 14.0 Å². The molecule has 2 fully saturated rings. The number of amides is 1. The van der Waals surface area contributed by atoms with Crippen LogP contribution in [-0.4, -0.2) is 15.7 Å². The van der Waals surface area contributed by atoms with Gasteiger partial charge in [-0.25, -0.2) is 4.39 Å². The molecule has 4 aromatic rings. The van der Waals surface area contributed by atoms with E-state index in [-0.39, 0.29) is 29.1 Å². The molecule has 2 aliphatic carbocycles. The van der Waals surface area contributed by atoms with Crippen LogP contribution in [-0.2, 0) is 11.3 Å². The Bertz CT molecular complexity index is 1540. The molecule has 4 nitrogen and oxygen atoms in total. The maximum Gasteiger partial charge on any atom is 0.308 e. The highest BCUT2D eigenvalue weighted by Crippen LogP contribution is 2.64. The number of benzene rings is 3. The van der Waals surface area contributed by atoms with Gasteiger partial charge in [-0.3, -0.25) is 14.2 Å². The number of carbonyl (C=O) groups excluding carboxylic acids is 1. The van der Waals surface area contributed by atoms with Crippen LogP contribution in [0.2, 0.25) is 0 Å². The molecule has 3 aliphatic rings. The number of carbonyl (C=O) groups is 1. The molecule has 1 amide bonds. The van der Waals surface area contributed by atoms with Gasteiger partial charge in [0.25, 0.3) is 0 Å². The van der Waals surface area contributed by atoms with E-state index in [1.165, 1.54) is 42.7 Å². The van der Waals surface area contributed by atoms with Crippen molar-refractivity contribution < 1.29 is 9.18 Å². The van der Waals surface area contributed by atoms with E-state index in [1.807, 2.05) is 66.4 Å². The summed E-state index contributed by atoms with van der Waals surface area (Å²) in [5.41, 5.74) is 1.83. The van der Waals surface area contributed by atoms with Crippen molar-refractivity contribution in [1.29, 1.82) is 0 Å². The Balaban J connectivity index is 1.25. The number of aromatic nitrogens is 1. The van der Waals surface area contributed by atoms with Crippen LogP contribution >= 0.6 is 23.1 Å². The first-order valence-electron chi connectivity index (χ1n) is 12.5. The van der Waals surface area contributed by atoms with Crippen molar-refractivity contribution in [3.63, 3.8) is 0 Å². The second-order valence-electron chi connectivity index (χ2n) is 10.2. The van der Waals surface area contributed by atoms with Crippen molar-refractivity contribution in [2.45, 2.75) is 42.0 Å². The number of nitrogens with zero attached hydrogens (tertiary/aromatic N) is 1. The minimum absolute atomic E-state index is 0.0114. The van der Waals surface area contributed by atoms with Crippen LogP contribution in [0, 0.1) is 23.6 Å². The molecule has 5 atom stereocenters. The van der Waals surface area contributed by atoms with Crippen LogP contribution in [0.3, 0.4) is 0 Å². The third kappa shape index (κ3) is 3.55. The number of anilines is 1. The number of thioether (sulfide) groups is 1. The summed E-state index contributed by atoms with van der Waals surface area (Å²) in [6, 6.07) is 20.6. The van der Waals surface area contributed by atoms with Crippen LogP contribution in [0.1, 0.15) is 35.6 Å². The summed E-state index contributed by atoms with van der Waals surface area (Å²) >= 11 is 3.07. The van der Waals surface area contributed by atoms with Crippen LogP contribution in [0.15, 0.2) is 76.6 Å². The average Bonchev–Trinajstić information content (AvgIpc) is 3.58. The molecule has 2 bridgehead atoms. The highest BCUT2D eigenvalue weighted by Gasteiger charge is 2.55. The first-order valence-corrected chi connectivity index (χ1v) is 14.2. The molecule has 2 heterocycles. The van der Waals surface area contributed by atoms with Gasteiger partial charge in [0.05, 0.1) is 5.03 Å². The SMILES string of the molecule is O=C(Cn1c2c(sc1=O)[C@@H](c1ccc(F)cc1)C1C3CCC(C3)C1S2)Nc1cccc2ccccc12. The summed E-state index contributed by atoms with van der Waals surface area (Å²) in [4.78, 5) is 27.4. The lowest BCUT2D eigenvalue weighted by molar-refractivity contribution is -0.116. The molecule has 7 heteroatoms. The van der Waals surface area contributed by atoms with Crippen molar-refractivity contribution in [3.8, 4) is 0 Å². The maximum absolute atomic E-state index is 13.8. The Morgan fingerprint density at radius 1 is 1.00 bits per heavy atom. The second kappa shape index (κ2) is 8.60. The molecule has 3 aromatic carbocycles. The van der Waals surface area contributed by atoms with Gasteiger partial charge >= 0.3 is 4.87 Å². The topological polar surface area (TPSA) is 51.1 Å². The van der Waals surface area contributed by atoms with Crippen molar-refractivity contribution in [3.05, 3.63) is 92.7 Å². The Hall–Kier alpha value is -2.90. The lowest BCUT2D eigenvalue weighted by atomic mass is 9.75. The fourth-order valence-electron chi connectivity index (χ4n) is 6.80. The van der Waals surface area contributed by atoms with Crippen LogP contribution < -0.4 is 10.2 Å². The van der Waals surface area contributed by atoms with Gasteiger partial charge < -0.3 is 5.32 Å². The number of fused-ring (bicyclic) bond motifs is 7. The van der Waals surface area contributed by atoms with E-state index in [0.29, 0.717) is 23.0 Å². The molecule has 182 valence electrons. The zero-order chi connectivity index (χ0) is 24.4. The summed E-state index contributed by atoms with van der Waals surface area (Å²) in [7, 11) is 0. The number of hydrogen-bond acceptors (Lipinski definition) is 4. The smallest absolute Gasteiger partial charge is 0.308 e. The molecule has 0 spiro atoms. The summed E-state index contributed by atoms with van der Waals surface area (Å²) in [5, 5.41) is 6.44. The fourth-order valence-corrected chi connectivity index (χ4v) is 9.95. The molecular weight excluding hydrogens is 491 g/mol. The minimum atomic E-state index is -0.246. The van der Waals surface area contributed by atoms with Gasteiger partial charge in [0.1, 0.15) is 12.4 Å². The normalized spacial score (nSPS) is 26.1. The van der Waals surface area contributed by atoms with Crippen molar-refractivity contribution in [2.75, 3.05) is 5.32 Å². The zero-order valence-corrected chi connectivity index (χ0v) is 21.2. The molecule has 0 saturated heterocycles. The quantitative estimate of drug-likeness (QED) is 0.337. The lowest BCUT2D eigenvalue weighted by Crippen LogP contribution is -2.34.